The molecule has 2 N–H and O–H groups in total. The van der Waals surface area contributed by atoms with E-state index in [1.54, 1.807) is 0 Å². The van der Waals surface area contributed by atoms with Crippen molar-refractivity contribution in [2.45, 2.75) is 32.5 Å². The Morgan fingerprint density at radius 2 is 2.21 bits per heavy atom. The van der Waals surface area contributed by atoms with Gasteiger partial charge in [-0.3, -0.25) is 9.88 Å². The molecule has 0 saturated carbocycles. The number of hydrogen-bond donors (Lipinski definition) is 1. The monoisotopic (exact) mass is 275 g/mol. The van der Waals surface area contributed by atoms with Crippen LogP contribution in [0.15, 0.2) is 35.8 Å². The maximum absolute atomic E-state index is 5.58. The molecule has 1 atom stereocenters. The van der Waals surface area contributed by atoms with E-state index >= 15 is 0 Å². The molecule has 0 aliphatic heterocycles. The van der Waals surface area contributed by atoms with Crippen LogP contribution in [0.2, 0.25) is 0 Å². The van der Waals surface area contributed by atoms with Gasteiger partial charge in [0, 0.05) is 30.2 Å². The van der Waals surface area contributed by atoms with E-state index in [-0.39, 0.29) is 0 Å². The molecule has 1 unspecified atom stereocenters. The molecule has 2 aromatic heterocycles. The quantitative estimate of drug-likeness (QED) is 0.881. The molecule has 102 valence electrons. The molecule has 0 amide bonds. The summed E-state index contributed by atoms with van der Waals surface area (Å²) in [4.78, 5) is 8.22. The summed E-state index contributed by atoms with van der Waals surface area (Å²) in [7, 11) is 2.15. The Labute approximate surface area is 119 Å². The van der Waals surface area contributed by atoms with Gasteiger partial charge < -0.3 is 5.73 Å². The van der Waals surface area contributed by atoms with Crippen molar-refractivity contribution in [2.75, 3.05) is 7.05 Å². The van der Waals surface area contributed by atoms with E-state index in [1.165, 1.54) is 4.88 Å². The Kier molecular flexibility index (Phi) is 5.07. The molecule has 0 aliphatic carbocycles. The average Bonchev–Trinajstić information content (AvgIpc) is 2.92. The van der Waals surface area contributed by atoms with E-state index in [4.69, 9.17) is 5.73 Å². The number of thiophene rings is 1. The molecule has 3 nitrogen and oxygen atoms in total. The van der Waals surface area contributed by atoms with Crippen molar-refractivity contribution in [2.24, 2.45) is 5.73 Å². The Balaban J connectivity index is 1.90. The predicted octanol–water partition coefficient (Wildman–Crippen LogP) is 2.66. The third-order valence-electron chi connectivity index (χ3n) is 3.36. The van der Waals surface area contributed by atoms with Crippen molar-refractivity contribution >= 4 is 11.3 Å². The molecule has 19 heavy (non-hydrogen) atoms. The molecule has 2 heterocycles. The molecular weight excluding hydrogens is 254 g/mol. The summed E-state index contributed by atoms with van der Waals surface area (Å²) in [5.74, 6) is 0. The lowest BCUT2D eigenvalue weighted by Gasteiger charge is -2.24. The van der Waals surface area contributed by atoms with Gasteiger partial charge in [-0.2, -0.15) is 0 Å². The highest BCUT2D eigenvalue weighted by molar-refractivity contribution is 7.09. The first kappa shape index (κ1) is 14.2. The summed E-state index contributed by atoms with van der Waals surface area (Å²) in [6.45, 7) is 3.68. The number of rotatable bonds is 6. The van der Waals surface area contributed by atoms with Gasteiger partial charge in [0.1, 0.15) is 0 Å². The van der Waals surface area contributed by atoms with Crippen molar-refractivity contribution < 1.29 is 0 Å². The lowest BCUT2D eigenvalue weighted by Crippen LogP contribution is -2.30. The van der Waals surface area contributed by atoms with Crippen LogP contribution in [0.3, 0.4) is 0 Å². The SMILES string of the molecule is CC(Cc1cccs1)N(C)Cc1ccc(CN)cn1. The zero-order valence-electron chi connectivity index (χ0n) is 11.5. The summed E-state index contributed by atoms with van der Waals surface area (Å²) in [5, 5.41) is 2.13. The van der Waals surface area contributed by atoms with Gasteiger partial charge in [0.05, 0.1) is 5.69 Å². The standard InChI is InChI=1S/C15H21N3S/c1-12(8-15-4-3-7-19-15)18(2)11-14-6-5-13(9-16)10-17-14/h3-7,10,12H,8-9,11,16H2,1-2H3. The van der Waals surface area contributed by atoms with E-state index in [1.807, 2.05) is 17.5 Å². The number of nitrogens with two attached hydrogens (primary N) is 1. The van der Waals surface area contributed by atoms with Gasteiger partial charge >= 0.3 is 0 Å². The van der Waals surface area contributed by atoms with E-state index in [2.05, 4.69) is 53.5 Å². The summed E-state index contributed by atoms with van der Waals surface area (Å²) in [6.07, 6.45) is 2.96. The molecule has 0 saturated heterocycles. The molecule has 4 heteroatoms. The first-order chi connectivity index (χ1) is 9.19. The molecule has 0 bridgehead atoms. The maximum Gasteiger partial charge on any atom is 0.0544 e. The van der Waals surface area contributed by atoms with Gasteiger partial charge in [-0.05, 0) is 43.5 Å². The molecule has 0 fully saturated rings. The molecule has 2 rings (SSSR count). The van der Waals surface area contributed by atoms with Gasteiger partial charge in [-0.1, -0.05) is 12.1 Å². The third kappa shape index (κ3) is 4.13. The van der Waals surface area contributed by atoms with Crippen LogP contribution in [0.25, 0.3) is 0 Å². The summed E-state index contributed by atoms with van der Waals surface area (Å²) in [5.41, 5.74) is 7.75. The van der Waals surface area contributed by atoms with Crippen molar-refractivity contribution in [3.8, 4) is 0 Å². The fraction of sp³-hybridized carbons (Fsp3) is 0.400. The van der Waals surface area contributed by atoms with E-state index in [0.717, 1.165) is 24.2 Å². The number of aromatic nitrogens is 1. The highest BCUT2D eigenvalue weighted by Crippen LogP contribution is 2.14. The fourth-order valence-corrected chi connectivity index (χ4v) is 2.78. The zero-order valence-corrected chi connectivity index (χ0v) is 12.4. The third-order valence-corrected chi connectivity index (χ3v) is 4.26. The minimum absolute atomic E-state index is 0.509. The van der Waals surface area contributed by atoms with Crippen LogP contribution in [-0.2, 0) is 19.5 Å². The van der Waals surface area contributed by atoms with Crippen LogP contribution in [-0.4, -0.2) is 23.0 Å². The van der Waals surface area contributed by atoms with Crippen molar-refractivity contribution in [1.82, 2.24) is 9.88 Å². The van der Waals surface area contributed by atoms with Crippen molar-refractivity contribution in [3.05, 3.63) is 52.0 Å². The summed E-state index contributed by atoms with van der Waals surface area (Å²) >= 11 is 1.82. The van der Waals surface area contributed by atoms with Crippen LogP contribution in [0.4, 0.5) is 0 Å². The number of pyridine rings is 1. The Morgan fingerprint density at radius 3 is 2.79 bits per heavy atom. The van der Waals surface area contributed by atoms with Gasteiger partial charge in [-0.15, -0.1) is 11.3 Å². The van der Waals surface area contributed by atoms with Crippen molar-refractivity contribution in [3.63, 3.8) is 0 Å². The minimum Gasteiger partial charge on any atom is -0.326 e. The average molecular weight is 275 g/mol. The van der Waals surface area contributed by atoms with Crippen LogP contribution < -0.4 is 5.73 Å². The van der Waals surface area contributed by atoms with Crippen LogP contribution in [0.5, 0.6) is 0 Å². The highest BCUT2D eigenvalue weighted by atomic mass is 32.1. The lowest BCUT2D eigenvalue weighted by atomic mass is 10.1. The van der Waals surface area contributed by atoms with Gasteiger partial charge in [0.15, 0.2) is 0 Å². The fourth-order valence-electron chi connectivity index (χ4n) is 1.96. The molecule has 0 aliphatic rings. The largest absolute Gasteiger partial charge is 0.326 e. The predicted molar refractivity (Wildman–Crippen MR) is 81.1 cm³/mol. The maximum atomic E-state index is 5.58. The Hall–Kier alpha value is -1.23. The van der Waals surface area contributed by atoms with Crippen molar-refractivity contribution in [1.29, 1.82) is 0 Å². The van der Waals surface area contributed by atoms with E-state index in [9.17, 15) is 0 Å². The second kappa shape index (κ2) is 6.80. The van der Waals surface area contributed by atoms with E-state index < -0.39 is 0 Å². The normalized spacial score (nSPS) is 12.8. The zero-order chi connectivity index (χ0) is 13.7. The number of likely N-dealkylation sites (N-methyl/N-ethyl adjacent to an activating group) is 1. The van der Waals surface area contributed by atoms with Gasteiger partial charge in [0.25, 0.3) is 0 Å². The molecule has 0 spiro atoms. The summed E-state index contributed by atoms with van der Waals surface area (Å²) in [6, 6.07) is 8.94. The van der Waals surface area contributed by atoms with Crippen LogP contribution in [0, 0.1) is 0 Å². The molecular formula is C15H21N3S. The molecule has 0 aromatic carbocycles. The van der Waals surface area contributed by atoms with Crippen LogP contribution >= 0.6 is 11.3 Å². The topological polar surface area (TPSA) is 42.1 Å². The molecule has 0 radical (unpaired) electrons. The lowest BCUT2D eigenvalue weighted by molar-refractivity contribution is 0.246. The smallest absolute Gasteiger partial charge is 0.0544 e. The number of hydrogen-bond acceptors (Lipinski definition) is 4. The van der Waals surface area contributed by atoms with E-state index in [0.29, 0.717) is 12.6 Å². The first-order valence-corrected chi connectivity index (χ1v) is 7.43. The van der Waals surface area contributed by atoms with Gasteiger partial charge in [-0.25, -0.2) is 0 Å². The van der Waals surface area contributed by atoms with Crippen LogP contribution in [0.1, 0.15) is 23.1 Å². The summed E-state index contributed by atoms with van der Waals surface area (Å²) < 4.78 is 0. The second-order valence-corrected chi connectivity index (χ2v) is 5.94. The number of nitrogens with zero attached hydrogens (tertiary/aromatic N) is 2. The Morgan fingerprint density at radius 1 is 1.37 bits per heavy atom. The Bertz CT molecular complexity index is 479. The minimum atomic E-state index is 0.509. The molecule has 2 aromatic rings. The first-order valence-electron chi connectivity index (χ1n) is 6.55. The second-order valence-electron chi connectivity index (χ2n) is 4.91. The highest BCUT2D eigenvalue weighted by Gasteiger charge is 2.11. The van der Waals surface area contributed by atoms with Gasteiger partial charge in [0.2, 0.25) is 0 Å².